The lowest BCUT2D eigenvalue weighted by Gasteiger charge is -2.11. The number of amides is 1. The van der Waals surface area contributed by atoms with Crippen LogP contribution in [0.1, 0.15) is 18.2 Å². The first-order valence-electron chi connectivity index (χ1n) is 10.1. The van der Waals surface area contributed by atoms with E-state index in [1.54, 1.807) is 13.0 Å². The van der Waals surface area contributed by atoms with Gasteiger partial charge in [0.1, 0.15) is 0 Å². The zero-order valence-electron chi connectivity index (χ0n) is 17.5. The van der Waals surface area contributed by atoms with Crippen LogP contribution >= 0.6 is 22.6 Å². The number of hydrogen-bond acceptors (Lipinski definition) is 3. The van der Waals surface area contributed by atoms with Crippen LogP contribution in [0, 0.1) is 10.5 Å². The molecule has 0 aliphatic carbocycles. The SMILES string of the molecule is CC1=NN(c2ccc(I)cc2)C(=O)C1=Cc1c(C)[nH]n(-c2cccc3ccccc23)c1=O. The highest BCUT2D eigenvalue weighted by Crippen LogP contribution is 2.26. The first kappa shape index (κ1) is 20.4. The molecule has 2 heterocycles. The minimum absolute atomic E-state index is 0.209. The number of aryl methyl sites for hydroxylation is 1. The van der Waals surface area contributed by atoms with E-state index in [9.17, 15) is 9.59 Å². The van der Waals surface area contributed by atoms with Gasteiger partial charge in [-0.3, -0.25) is 14.7 Å². The number of carbonyl (C=O) groups excluding carboxylic acids is 1. The number of hydrogen-bond donors (Lipinski definition) is 1. The molecule has 0 unspecified atom stereocenters. The number of benzene rings is 3. The van der Waals surface area contributed by atoms with Crippen molar-refractivity contribution in [2.24, 2.45) is 5.10 Å². The molecule has 1 amide bonds. The Morgan fingerprint density at radius 3 is 2.44 bits per heavy atom. The number of H-pyrrole nitrogens is 1. The van der Waals surface area contributed by atoms with Crippen LogP contribution in [0.15, 0.2) is 82.2 Å². The second kappa shape index (κ2) is 7.90. The second-order valence-corrected chi connectivity index (χ2v) is 8.87. The van der Waals surface area contributed by atoms with Gasteiger partial charge in [-0.15, -0.1) is 0 Å². The Morgan fingerprint density at radius 1 is 0.938 bits per heavy atom. The van der Waals surface area contributed by atoms with Gasteiger partial charge in [0, 0.05) is 14.7 Å². The number of rotatable bonds is 3. The number of nitrogens with zero attached hydrogens (tertiary/aromatic N) is 3. The Hall–Kier alpha value is -3.46. The Kier molecular flexibility index (Phi) is 5.05. The fourth-order valence-corrected chi connectivity index (χ4v) is 4.25. The number of fused-ring (bicyclic) bond motifs is 1. The van der Waals surface area contributed by atoms with Crippen molar-refractivity contribution in [3.05, 3.63) is 97.5 Å². The molecule has 4 aromatic rings. The predicted molar refractivity (Wildman–Crippen MR) is 136 cm³/mol. The summed E-state index contributed by atoms with van der Waals surface area (Å²) < 4.78 is 2.61. The van der Waals surface area contributed by atoms with Gasteiger partial charge in [-0.25, -0.2) is 4.68 Å². The van der Waals surface area contributed by atoms with Crippen molar-refractivity contribution < 1.29 is 4.79 Å². The standard InChI is InChI=1S/C25H19IN4O2/c1-15-21(24(31)29(27-15)19-12-10-18(26)11-13-19)14-22-16(2)28-30(25(22)32)23-9-5-7-17-6-3-4-8-20(17)23/h3-14,28H,1-2H3. The molecule has 0 saturated carbocycles. The highest BCUT2D eigenvalue weighted by molar-refractivity contribution is 14.1. The summed E-state index contributed by atoms with van der Waals surface area (Å²) in [5, 5.41) is 11.0. The normalized spacial score (nSPS) is 15.1. The van der Waals surface area contributed by atoms with E-state index in [-0.39, 0.29) is 11.5 Å². The smallest absolute Gasteiger partial charge is 0.280 e. The molecule has 5 rings (SSSR count). The van der Waals surface area contributed by atoms with Gasteiger partial charge in [0.05, 0.1) is 28.2 Å². The molecule has 1 aliphatic rings. The molecular formula is C25H19IN4O2. The molecule has 6 nitrogen and oxygen atoms in total. The van der Waals surface area contributed by atoms with Crippen LogP contribution in [-0.2, 0) is 4.79 Å². The van der Waals surface area contributed by atoms with Crippen LogP contribution in [0.2, 0.25) is 0 Å². The maximum atomic E-state index is 13.3. The molecule has 1 aromatic heterocycles. The molecule has 0 saturated heterocycles. The highest BCUT2D eigenvalue weighted by Gasteiger charge is 2.29. The number of nitrogens with one attached hydrogen (secondary N) is 1. The highest BCUT2D eigenvalue weighted by atomic mass is 127. The lowest BCUT2D eigenvalue weighted by molar-refractivity contribution is -0.114. The molecule has 0 fully saturated rings. The maximum absolute atomic E-state index is 13.3. The Morgan fingerprint density at radius 2 is 1.66 bits per heavy atom. The number of hydrazone groups is 1. The van der Waals surface area contributed by atoms with Crippen LogP contribution in [0.3, 0.4) is 0 Å². The van der Waals surface area contributed by atoms with Crippen molar-refractivity contribution in [3.63, 3.8) is 0 Å². The lowest BCUT2D eigenvalue weighted by Crippen LogP contribution is -2.22. The molecule has 0 radical (unpaired) electrons. The molecule has 1 aliphatic heterocycles. The van der Waals surface area contributed by atoms with Gasteiger partial charge in [-0.05, 0) is 78.2 Å². The molecule has 32 heavy (non-hydrogen) atoms. The van der Waals surface area contributed by atoms with Gasteiger partial charge in [-0.2, -0.15) is 10.1 Å². The molecule has 0 atom stereocenters. The first-order chi connectivity index (χ1) is 15.4. The molecule has 1 N–H and O–H groups in total. The van der Waals surface area contributed by atoms with Crippen LogP contribution in [0.25, 0.3) is 22.5 Å². The van der Waals surface area contributed by atoms with E-state index >= 15 is 0 Å². The van der Waals surface area contributed by atoms with Gasteiger partial charge < -0.3 is 0 Å². The fourth-order valence-electron chi connectivity index (χ4n) is 3.89. The van der Waals surface area contributed by atoms with Crippen molar-refractivity contribution in [2.75, 3.05) is 5.01 Å². The minimum Gasteiger partial charge on any atom is -0.295 e. The second-order valence-electron chi connectivity index (χ2n) is 7.63. The predicted octanol–water partition coefficient (Wildman–Crippen LogP) is 5.04. The minimum atomic E-state index is -0.250. The van der Waals surface area contributed by atoms with Gasteiger partial charge in [0.25, 0.3) is 11.5 Å². The number of aromatic nitrogens is 2. The number of anilines is 1. The van der Waals surface area contributed by atoms with Crippen LogP contribution in [0.5, 0.6) is 0 Å². The third-order valence-electron chi connectivity index (χ3n) is 5.55. The molecule has 7 heteroatoms. The number of halogens is 1. The summed E-state index contributed by atoms with van der Waals surface area (Å²) in [6.07, 6.45) is 1.64. The van der Waals surface area contributed by atoms with E-state index in [1.165, 1.54) is 9.69 Å². The van der Waals surface area contributed by atoms with Crippen molar-refractivity contribution in [2.45, 2.75) is 13.8 Å². The van der Waals surface area contributed by atoms with Crippen LogP contribution in [-0.4, -0.2) is 21.4 Å². The average Bonchev–Trinajstić information content (AvgIpc) is 3.24. The van der Waals surface area contributed by atoms with E-state index in [2.05, 4.69) is 32.8 Å². The van der Waals surface area contributed by atoms with Crippen molar-refractivity contribution in [1.82, 2.24) is 9.78 Å². The molecule has 158 valence electrons. The van der Waals surface area contributed by atoms with Crippen LogP contribution in [0.4, 0.5) is 5.69 Å². The van der Waals surface area contributed by atoms with E-state index in [0.29, 0.717) is 28.2 Å². The lowest BCUT2D eigenvalue weighted by atomic mass is 10.1. The van der Waals surface area contributed by atoms with Gasteiger partial charge in [0.15, 0.2) is 0 Å². The van der Waals surface area contributed by atoms with Crippen LogP contribution < -0.4 is 10.6 Å². The van der Waals surface area contributed by atoms with Crippen molar-refractivity contribution in [3.8, 4) is 5.69 Å². The van der Waals surface area contributed by atoms with Crippen molar-refractivity contribution >= 4 is 56.7 Å². The average molecular weight is 534 g/mol. The largest absolute Gasteiger partial charge is 0.295 e. The zero-order chi connectivity index (χ0) is 22.4. The Labute approximate surface area is 198 Å². The number of carbonyl (C=O) groups is 1. The summed E-state index contributed by atoms with van der Waals surface area (Å²) in [5.41, 5.74) is 3.36. The first-order valence-corrected chi connectivity index (χ1v) is 11.2. The van der Waals surface area contributed by atoms with Crippen molar-refractivity contribution in [1.29, 1.82) is 0 Å². The summed E-state index contributed by atoms with van der Waals surface area (Å²) in [5.74, 6) is -0.250. The fraction of sp³-hybridized carbons (Fsp3) is 0.0800. The summed E-state index contributed by atoms with van der Waals surface area (Å²) >= 11 is 2.22. The Bertz CT molecular complexity index is 1490. The van der Waals surface area contributed by atoms with E-state index < -0.39 is 0 Å². The van der Waals surface area contributed by atoms with E-state index in [1.807, 2.05) is 73.7 Å². The zero-order valence-corrected chi connectivity index (χ0v) is 19.6. The third kappa shape index (κ3) is 3.38. The monoisotopic (exact) mass is 534 g/mol. The molecule has 3 aromatic carbocycles. The summed E-state index contributed by atoms with van der Waals surface area (Å²) in [6.45, 7) is 3.61. The topological polar surface area (TPSA) is 70.5 Å². The number of aromatic amines is 1. The van der Waals surface area contributed by atoms with Gasteiger partial charge in [0.2, 0.25) is 0 Å². The Balaban J connectivity index is 1.58. The summed E-state index contributed by atoms with van der Waals surface area (Å²) in [6, 6.07) is 21.3. The van der Waals surface area contributed by atoms with E-state index in [4.69, 9.17) is 0 Å². The third-order valence-corrected chi connectivity index (χ3v) is 6.27. The molecular weight excluding hydrogens is 515 g/mol. The van der Waals surface area contributed by atoms with E-state index in [0.717, 1.165) is 20.0 Å². The quantitative estimate of drug-likeness (QED) is 0.296. The van der Waals surface area contributed by atoms with Gasteiger partial charge >= 0.3 is 0 Å². The summed E-state index contributed by atoms with van der Waals surface area (Å²) in [4.78, 5) is 26.4. The molecule has 0 bridgehead atoms. The molecule has 0 spiro atoms. The maximum Gasteiger partial charge on any atom is 0.280 e. The summed E-state index contributed by atoms with van der Waals surface area (Å²) in [7, 11) is 0. The van der Waals surface area contributed by atoms with Gasteiger partial charge in [-0.1, -0.05) is 36.4 Å².